The molecule has 1 saturated heterocycles. The molecule has 2 nitrogen and oxygen atoms in total. The molecule has 0 aromatic rings. The minimum absolute atomic E-state index is 0.209. The highest BCUT2D eigenvalue weighted by Crippen LogP contribution is 2.32. The van der Waals surface area contributed by atoms with Gasteiger partial charge in [-0.2, -0.15) is 0 Å². The maximum absolute atomic E-state index is 12.7. The van der Waals surface area contributed by atoms with Crippen LogP contribution in [-0.2, 0) is 0 Å². The van der Waals surface area contributed by atoms with E-state index in [1.165, 1.54) is 32.1 Å². The molecular weight excluding hydrogens is 215 g/mol. The molecule has 1 saturated carbocycles. The molecule has 0 bridgehead atoms. The first-order chi connectivity index (χ1) is 8.17. The van der Waals surface area contributed by atoms with E-state index in [9.17, 15) is 4.39 Å². The molecule has 2 aliphatic rings. The summed E-state index contributed by atoms with van der Waals surface area (Å²) in [5.41, 5.74) is 0.304. The van der Waals surface area contributed by atoms with Crippen molar-refractivity contribution in [2.24, 2.45) is 5.92 Å². The number of nitrogens with one attached hydrogen (secondary N) is 1. The van der Waals surface area contributed by atoms with Crippen LogP contribution in [0.25, 0.3) is 0 Å². The van der Waals surface area contributed by atoms with Crippen molar-refractivity contribution in [1.29, 1.82) is 0 Å². The molecule has 1 N–H and O–H groups in total. The van der Waals surface area contributed by atoms with Crippen LogP contribution in [0.5, 0.6) is 0 Å². The number of halogens is 1. The van der Waals surface area contributed by atoms with Gasteiger partial charge in [0.25, 0.3) is 0 Å². The molecule has 17 heavy (non-hydrogen) atoms. The van der Waals surface area contributed by atoms with Gasteiger partial charge >= 0.3 is 0 Å². The van der Waals surface area contributed by atoms with E-state index in [1.54, 1.807) is 0 Å². The van der Waals surface area contributed by atoms with Crippen LogP contribution in [0, 0.1) is 5.92 Å². The fourth-order valence-electron chi connectivity index (χ4n) is 3.59. The monoisotopic (exact) mass is 242 g/mol. The first-order valence-electron chi connectivity index (χ1n) is 7.22. The highest BCUT2D eigenvalue weighted by molar-refractivity contribution is 5.00. The molecule has 1 spiro atoms. The molecule has 1 atom stereocenters. The maximum Gasteiger partial charge on any atom is 0.102 e. The number of piperazine rings is 1. The summed E-state index contributed by atoms with van der Waals surface area (Å²) in [7, 11) is 0. The summed E-state index contributed by atoms with van der Waals surface area (Å²) in [6.07, 6.45) is 6.60. The summed E-state index contributed by atoms with van der Waals surface area (Å²) < 4.78 is 12.7. The highest BCUT2D eigenvalue weighted by Gasteiger charge is 2.40. The van der Waals surface area contributed by atoms with Gasteiger partial charge in [-0.3, -0.25) is 4.90 Å². The second-order valence-electron chi connectivity index (χ2n) is 6.19. The van der Waals surface area contributed by atoms with Crippen molar-refractivity contribution in [3.05, 3.63) is 0 Å². The van der Waals surface area contributed by atoms with Crippen molar-refractivity contribution >= 4 is 0 Å². The van der Waals surface area contributed by atoms with Crippen LogP contribution in [-0.4, -0.2) is 42.8 Å². The SMILES string of the molecule is CC(C)C1CNC2(CCCCC2)CN1CCF. The number of hydrogen-bond acceptors (Lipinski definition) is 2. The Morgan fingerprint density at radius 1 is 1.29 bits per heavy atom. The minimum atomic E-state index is -0.209. The Bertz CT molecular complexity index is 236. The molecular formula is C14H27FN2. The van der Waals surface area contributed by atoms with Crippen molar-refractivity contribution in [1.82, 2.24) is 10.2 Å². The Morgan fingerprint density at radius 3 is 2.59 bits per heavy atom. The van der Waals surface area contributed by atoms with Gasteiger partial charge in [-0.1, -0.05) is 33.1 Å². The van der Waals surface area contributed by atoms with E-state index in [-0.39, 0.29) is 6.67 Å². The molecule has 2 rings (SSSR count). The average molecular weight is 242 g/mol. The van der Waals surface area contributed by atoms with E-state index in [4.69, 9.17) is 0 Å². The van der Waals surface area contributed by atoms with E-state index in [1.807, 2.05) is 0 Å². The summed E-state index contributed by atoms with van der Waals surface area (Å²) in [6.45, 7) is 7.00. The molecule has 0 aromatic carbocycles. The van der Waals surface area contributed by atoms with Crippen molar-refractivity contribution < 1.29 is 4.39 Å². The fourth-order valence-corrected chi connectivity index (χ4v) is 3.59. The molecule has 1 heterocycles. The van der Waals surface area contributed by atoms with E-state index in [0.717, 1.165) is 13.1 Å². The number of rotatable bonds is 3. The smallest absolute Gasteiger partial charge is 0.102 e. The Balaban J connectivity index is 2.01. The third-order valence-corrected chi connectivity index (χ3v) is 4.61. The largest absolute Gasteiger partial charge is 0.308 e. The minimum Gasteiger partial charge on any atom is -0.308 e. The van der Waals surface area contributed by atoms with Crippen LogP contribution in [0.15, 0.2) is 0 Å². The van der Waals surface area contributed by atoms with Gasteiger partial charge in [-0.15, -0.1) is 0 Å². The Hall–Kier alpha value is -0.150. The predicted octanol–water partition coefficient (Wildman–Crippen LogP) is 2.59. The van der Waals surface area contributed by atoms with Crippen LogP contribution in [0.4, 0.5) is 4.39 Å². The highest BCUT2D eigenvalue weighted by atomic mass is 19.1. The molecule has 0 radical (unpaired) electrons. The third-order valence-electron chi connectivity index (χ3n) is 4.61. The van der Waals surface area contributed by atoms with Gasteiger partial charge in [0.1, 0.15) is 6.67 Å². The van der Waals surface area contributed by atoms with Crippen molar-refractivity contribution in [3.63, 3.8) is 0 Å². The zero-order valence-corrected chi connectivity index (χ0v) is 11.3. The average Bonchev–Trinajstić information content (AvgIpc) is 2.30. The number of nitrogens with zero attached hydrogens (tertiary/aromatic N) is 1. The second kappa shape index (κ2) is 5.66. The molecule has 2 fully saturated rings. The summed E-state index contributed by atoms with van der Waals surface area (Å²) in [4.78, 5) is 2.40. The van der Waals surface area contributed by atoms with E-state index < -0.39 is 0 Å². The lowest BCUT2D eigenvalue weighted by atomic mass is 9.78. The van der Waals surface area contributed by atoms with Gasteiger partial charge in [0, 0.05) is 31.2 Å². The van der Waals surface area contributed by atoms with Crippen LogP contribution in [0.1, 0.15) is 46.0 Å². The second-order valence-corrected chi connectivity index (χ2v) is 6.19. The number of hydrogen-bond donors (Lipinski definition) is 1. The van der Waals surface area contributed by atoms with Crippen molar-refractivity contribution in [2.75, 3.05) is 26.3 Å². The first-order valence-corrected chi connectivity index (χ1v) is 7.22. The quantitative estimate of drug-likeness (QED) is 0.818. The zero-order valence-electron chi connectivity index (χ0n) is 11.3. The van der Waals surface area contributed by atoms with Gasteiger partial charge in [-0.05, 0) is 18.8 Å². The predicted molar refractivity (Wildman–Crippen MR) is 70.0 cm³/mol. The third kappa shape index (κ3) is 3.00. The zero-order chi connectivity index (χ0) is 12.3. The van der Waals surface area contributed by atoms with Gasteiger partial charge in [0.15, 0.2) is 0 Å². The van der Waals surface area contributed by atoms with Crippen LogP contribution < -0.4 is 5.32 Å². The molecule has 1 unspecified atom stereocenters. The normalized spacial score (nSPS) is 30.0. The summed E-state index contributed by atoms with van der Waals surface area (Å²) >= 11 is 0. The van der Waals surface area contributed by atoms with E-state index >= 15 is 0 Å². The molecule has 1 aliphatic carbocycles. The Morgan fingerprint density at radius 2 is 2.00 bits per heavy atom. The number of alkyl halides is 1. The summed E-state index contributed by atoms with van der Waals surface area (Å²) in [6, 6.07) is 0.512. The van der Waals surface area contributed by atoms with Crippen LogP contribution in [0.3, 0.4) is 0 Å². The van der Waals surface area contributed by atoms with Gasteiger partial charge < -0.3 is 5.32 Å². The van der Waals surface area contributed by atoms with Crippen molar-refractivity contribution in [3.8, 4) is 0 Å². The van der Waals surface area contributed by atoms with Gasteiger partial charge in [0.05, 0.1) is 0 Å². The molecule has 1 aliphatic heterocycles. The van der Waals surface area contributed by atoms with E-state index in [0.29, 0.717) is 24.0 Å². The van der Waals surface area contributed by atoms with Gasteiger partial charge in [0.2, 0.25) is 0 Å². The summed E-state index contributed by atoms with van der Waals surface area (Å²) in [5, 5.41) is 3.79. The lowest BCUT2D eigenvalue weighted by Gasteiger charge is -2.50. The van der Waals surface area contributed by atoms with Crippen LogP contribution in [0.2, 0.25) is 0 Å². The molecule has 0 amide bonds. The lowest BCUT2D eigenvalue weighted by Crippen LogP contribution is -2.66. The van der Waals surface area contributed by atoms with E-state index in [2.05, 4.69) is 24.1 Å². The standard InChI is InChI=1S/C14H27FN2/c1-12(2)13-10-16-14(6-4-3-5-7-14)11-17(13)9-8-15/h12-13,16H,3-11H2,1-2H3. The Labute approximate surface area is 105 Å². The molecule has 3 heteroatoms. The first kappa shape index (κ1) is 13.3. The maximum atomic E-state index is 12.7. The van der Waals surface area contributed by atoms with Gasteiger partial charge in [-0.25, -0.2) is 4.39 Å². The van der Waals surface area contributed by atoms with Crippen LogP contribution >= 0.6 is 0 Å². The summed E-state index contributed by atoms with van der Waals surface area (Å²) in [5.74, 6) is 0.606. The fraction of sp³-hybridized carbons (Fsp3) is 1.00. The lowest BCUT2D eigenvalue weighted by molar-refractivity contribution is 0.0329. The topological polar surface area (TPSA) is 15.3 Å². The molecule has 100 valence electrons. The Kier molecular flexibility index (Phi) is 4.42. The van der Waals surface area contributed by atoms with Crippen molar-refractivity contribution in [2.45, 2.75) is 57.5 Å². The molecule has 0 aromatic heterocycles.